The number of ether oxygens (including phenoxy) is 1. The lowest BCUT2D eigenvalue weighted by Gasteiger charge is -2.05. The molecule has 0 atom stereocenters. The predicted octanol–water partition coefficient (Wildman–Crippen LogP) is 3.62. The van der Waals surface area contributed by atoms with E-state index in [-0.39, 0.29) is 18.2 Å². The molecule has 2 aromatic carbocycles. The van der Waals surface area contributed by atoms with Crippen molar-refractivity contribution < 1.29 is 9.13 Å². The van der Waals surface area contributed by atoms with Crippen LogP contribution in [-0.4, -0.2) is 0 Å². The molecule has 2 nitrogen and oxygen atoms in total. The van der Waals surface area contributed by atoms with E-state index < -0.39 is 0 Å². The van der Waals surface area contributed by atoms with Gasteiger partial charge in [0.15, 0.2) is 0 Å². The summed E-state index contributed by atoms with van der Waals surface area (Å²) in [7, 11) is 0. The van der Waals surface area contributed by atoms with Gasteiger partial charge in [-0.3, -0.25) is 0 Å². The van der Waals surface area contributed by atoms with E-state index in [4.69, 9.17) is 10.5 Å². The molecule has 2 aromatic rings. The van der Waals surface area contributed by atoms with Crippen LogP contribution in [0.15, 0.2) is 48.5 Å². The van der Waals surface area contributed by atoms with Gasteiger partial charge in [-0.25, -0.2) is 4.39 Å². The molecule has 0 radical (unpaired) electrons. The van der Waals surface area contributed by atoms with Crippen LogP contribution in [-0.2, 0) is 0 Å². The fourth-order valence-corrected chi connectivity index (χ4v) is 1.17. The normalized spacial score (nSPS) is 9.31. The lowest BCUT2D eigenvalue weighted by Crippen LogP contribution is -1.86. The smallest absolute Gasteiger partial charge is 0.127 e. The highest BCUT2D eigenvalue weighted by Gasteiger charge is 1.96. The second-order valence-corrected chi connectivity index (χ2v) is 3.13. The Kier molecular flexibility index (Phi) is 4.14. The second-order valence-electron chi connectivity index (χ2n) is 3.13. The van der Waals surface area contributed by atoms with E-state index in [9.17, 15) is 4.39 Å². The van der Waals surface area contributed by atoms with E-state index in [1.807, 2.05) is 0 Å². The van der Waals surface area contributed by atoms with Crippen LogP contribution in [0.25, 0.3) is 0 Å². The molecule has 0 amide bonds. The molecule has 0 heterocycles. The van der Waals surface area contributed by atoms with Crippen LogP contribution in [0.1, 0.15) is 0 Å². The molecule has 0 spiro atoms. The number of nitrogen functional groups attached to an aromatic ring is 1. The quantitative estimate of drug-likeness (QED) is 0.813. The maximum Gasteiger partial charge on any atom is 0.127 e. The Morgan fingerprint density at radius 3 is 1.75 bits per heavy atom. The third kappa shape index (κ3) is 3.14. The fraction of sp³-hybridized carbons (Fsp3) is 0. The Morgan fingerprint density at radius 2 is 1.25 bits per heavy atom. The van der Waals surface area contributed by atoms with Crippen molar-refractivity contribution in [3.63, 3.8) is 0 Å². The minimum atomic E-state index is -0.278. The van der Waals surface area contributed by atoms with Gasteiger partial charge in [0.2, 0.25) is 0 Å². The molecule has 0 saturated carbocycles. The summed E-state index contributed by atoms with van der Waals surface area (Å²) in [5, 5.41) is 0. The van der Waals surface area contributed by atoms with E-state index in [1.165, 1.54) is 12.1 Å². The van der Waals surface area contributed by atoms with Crippen LogP contribution in [0.3, 0.4) is 0 Å². The van der Waals surface area contributed by atoms with Gasteiger partial charge >= 0.3 is 0 Å². The molecule has 0 fully saturated rings. The first-order valence-corrected chi connectivity index (χ1v) is 4.53. The summed E-state index contributed by atoms with van der Waals surface area (Å²) < 4.78 is 18.1. The van der Waals surface area contributed by atoms with Crippen LogP contribution < -0.4 is 10.5 Å². The van der Waals surface area contributed by atoms with Crippen LogP contribution in [0.4, 0.5) is 10.1 Å². The van der Waals surface area contributed by atoms with E-state index in [2.05, 4.69) is 0 Å². The summed E-state index contributed by atoms with van der Waals surface area (Å²) in [5.74, 6) is 0.997. The fourth-order valence-electron chi connectivity index (χ4n) is 1.17. The second kappa shape index (κ2) is 5.37. The molecule has 0 bridgehead atoms. The molecule has 84 valence electrons. The van der Waals surface area contributed by atoms with Crippen LogP contribution in [0.2, 0.25) is 0 Å². The van der Waals surface area contributed by atoms with E-state index >= 15 is 0 Å². The van der Waals surface area contributed by atoms with Crippen molar-refractivity contribution in [2.75, 3.05) is 5.73 Å². The molecule has 0 aliphatic carbocycles. The Labute approximate surface area is 99.3 Å². The molecule has 4 heteroatoms. The number of nitrogens with two attached hydrogens (primary N) is 1. The minimum Gasteiger partial charge on any atom is -0.457 e. The Hall–Kier alpha value is -1.74. The third-order valence-electron chi connectivity index (χ3n) is 1.93. The van der Waals surface area contributed by atoms with Crippen molar-refractivity contribution in [3.05, 3.63) is 54.3 Å². The van der Waals surface area contributed by atoms with Gasteiger partial charge in [0.1, 0.15) is 17.3 Å². The molecule has 16 heavy (non-hydrogen) atoms. The van der Waals surface area contributed by atoms with Crippen molar-refractivity contribution in [1.82, 2.24) is 0 Å². The first-order chi connectivity index (χ1) is 7.24. The minimum absolute atomic E-state index is 0. The highest BCUT2D eigenvalue weighted by atomic mass is 35.5. The van der Waals surface area contributed by atoms with Gasteiger partial charge < -0.3 is 10.5 Å². The number of hydrogen-bond acceptors (Lipinski definition) is 2. The van der Waals surface area contributed by atoms with E-state index in [0.717, 1.165) is 0 Å². The number of rotatable bonds is 2. The van der Waals surface area contributed by atoms with Gasteiger partial charge in [-0.05, 0) is 48.5 Å². The summed E-state index contributed by atoms with van der Waals surface area (Å²) in [6.07, 6.45) is 0. The Bertz CT molecular complexity index is 398. The van der Waals surface area contributed by atoms with Gasteiger partial charge in [-0.1, -0.05) is 0 Å². The molecule has 2 N–H and O–H groups in total. The van der Waals surface area contributed by atoms with Gasteiger partial charge in [0.05, 0.1) is 0 Å². The lowest BCUT2D eigenvalue weighted by molar-refractivity contribution is 0.480. The van der Waals surface area contributed by atoms with Crippen molar-refractivity contribution in [2.45, 2.75) is 0 Å². The number of halogens is 2. The van der Waals surface area contributed by atoms with Crippen molar-refractivity contribution in [3.8, 4) is 11.5 Å². The first-order valence-electron chi connectivity index (χ1n) is 4.53. The van der Waals surface area contributed by atoms with Crippen molar-refractivity contribution in [2.24, 2.45) is 0 Å². The summed E-state index contributed by atoms with van der Waals surface area (Å²) in [6, 6.07) is 12.9. The van der Waals surface area contributed by atoms with Crippen molar-refractivity contribution >= 4 is 18.1 Å². The zero-order valence-corrected chi connectivity index (χ0v) is 9.21. The summed E-state index contributed by atoms with van der Waals surface area (Å²) >= 11 is 0. The molecule has 0 aliphatic rings. The molecule has 2 rings (SSSR count). The van der Waals surface area contributed by atoms with Crippen LogP contribution in [0, 0.1) is 5.82 Å². The van der Waals surface area contributed by atoms with Gasteiger partial charge in [0.25, 0.3) is 0 Å². The monoisotopic (exact) mass is 239 g/mol. The van der Waals surface area contributed by atoms with Gasteiger partial charge in [-0.15, -0.1) is 12.4 Å². The Morgan fingerprint density at radius 1 is 0.812 bits per heavy atom. The largest absolute Gasteiger partial charge is 0.457 e. The zero-order valence-electron chi connectivity index (χ0n) is 8.39. The summed E-state index contributed by atoms with van der Waals surface area (Å²) in [6.45, 7) is 0. The highest BCUT2D eigenvalue weighted by Crippen LogP contribution is 2.22. The number of benzene rings is 2. The number of anilines is 1. The maximum absolute atomic E-state index is 12.6. The SMILES string of the molecule is Cl.Nc1ccc(Oc2ccc(F)cc2)cc1. The topological polar surface area (TPSA) is 35.2 Å². The van der Waals surface area contributed by atoms with Crippen LogP contribution >= 0.6 is 12.4 Å². The van der Waals surface area contributed by atoms with E-state index in [0.29, 0.717) is 17.2 Å². The maximum atomic E-state index is 12.6. The molecular weight excluding hydrogens is 229 g/mol. The van der Waals surface area contributed by atoms with Crippen LogP contribution in [0.5, 0.6) is 11.5 Å². The average Bonchev–Trinajstić information content (AvgIpc) is 2.25. The molecule has 0 aliphatic heterocycles. The first kappa shape index (κ1) is 12.3. The third-order valence-corrected chi connectivity index (χ3v) is 1.93. The summed E-state index contributed by atoms with van der Waals surface area (Å²) in [4.78, 5) is 0. The average molecular weight is 240 g/mol. The van der Waals surface area contributed by atoms with E-state index in [1.54, 1.807) is 36.4 Å². The van der Waals surface area contributed by atoms with Gasteiger partial charge in [0, 0.05) is 5.69 Å². The summed E-state index contributed by atoms with van der Waals surface area (Å²) in [5.41, 5.74) is 6.22. The highest BCUT2D eigenvalue weighted by molar-refractivity contribution is 5.85. The Balaban J connectivity index is 0.00000128. The molecule has 0 saturated heterocycles. The molecule has 0 unspecified atom stereocenters. The zero-order chi connectivity index (χ0) is 10.7. The van der Waals surface area contributed by atoms with Crippen molar-refractivity contribution in [1.29, 1.82) is 0 Å². The predicted molar refractivity (Wildman–Crippen MR) is 64.6 cm³/mol. The lowest BCUT2D eigenvalue weighted by atomic mass is 10.3. The standard InChI is InChI=1S/C12H10FNO.ClH/c13-9-1-5-11(6-2-9)15-12-7-3-10(14)4-8-12;/h1-8H,14H2;1H. The molecular formula is C12H11ClFNO. The molecule has 0 aromatic heterocycles. The number of hydrogen-bond donors (Lipinski definition) is 1. The van der Waals surface area contributed by atoms with Gasteiger partial charge in [-0.2, -0.15) is 0 Å².